The Balaban J connectivity index is 2.19. The second kappa shape index (κ2) is 7.97. The van der Waals surface area contributed by atoms with E-state index in [0.29, 0.717) is 13.2 Å². The molecule has 1 aliphatic heterocycles. The second-order valence-corrected chi connectivity index (χ2v) is 5.64. The third kappa shape index (κ3) is 6.49. The van der Waals surface area contributed by atoms with Crippen LogP contribution < -0.4 is 0 Å². The van der Waals surface area contributed by atoms with Crippen molar-refractivity contribution in [2.24, 2.45) is 0 Å². The van der Waals surface area contributed by atoms with Gasteiger partial charge in [0.05, 0.1) is 24.9 Å². The van der Waals surface area contributed by atoms with Crippen molar-refractivity contribution in [3.8, 4) is 0 Å². The summed E-state index contributed by atoms with van der Waals surface area (Å²) in [5, 5.41) is 18.9. The zero-order chi connectivity index (χ0) is 14.3. The Kier molecular flexibility index (Phi) is 6.96. The number of hydrogen-bond acceptors (Lipinski definition) is 5. The van der Waals surface area contributed by atoms with E-state index >= 15 is 0 Å². The minimum Gasteiger partial charge on any atom is -0.395 e. The SMILES string of the molecule is C=CC(C)(C)OC[C@@H](O)CN1CCN(CCO)CC1. The van der Waals surface area contributed by atoms with Crippen LogP contribution in [0.25, 0.3) is 0 Å². The molecule has 5 nitrogen and oxygen atoms in total. The van der Waals surface area contributed by atoms with Crippen molar-refractivity contribution in [1.29, 1.82) is 0 Å². The number of aliphatic hydroxyl groups excluding tert-OH is 2. The summed E-state index contributed by atoms with van der Waals surface area (Å²) in [5.74, 6) is 0. The van der Waals surface area contributed by atoms with E-state index in [1.807, 2.05) is 13.8 Å². The van der Waals surface area contributed by atoms with Crippen LogP contribution in [-0.2, 0) is 4.74 Å². The van der Waals surface area contributed by atoms with Crippen molar-refractivity contribution in [2.75, 3.05) is 52.5 Å². The van der Waals surface area contributed by atoms with E-state index in [1.165, 1.54) is 0 Å². The average Bonchev–Trinajstić information content (AvgIpc) is 2.39. The Bertz CT molecular complexity index is 263. The number of hydrogen-bond donors (Lipinski definition) is 2. The number of β-amino-alcohol motifs (C(OH)–C–C–N with tert-alkyl or cyclic N) is 2. The maximum Gasteiger partial charge on any atom is 0.0900 e. The van der Waals surface area contributed by atoms with Gasteiger partial charge in [0.1, 0.15) is 0 Å². The summed E-state index contributed by atoms with van der Waals surface area (Å²) < 4.78 is 5.60. The molecule has 1 saturated heterocycles. The zero-order valence-electron chi connectivity index (χ0n) is 12.2. The van der Waals surface area contributed by atoms with Gasteiger partial charge in [-0.2, -0.15) is 0 Å². The number of nitrogens with zero attached hydrogens (tertiary/aromatic N) is 2. The predicted octanol–water partition coefficient (Wildman–Crippen LogP) is -0.0616. The fourth-order valence-electron chi connectivity index (χ4n) is 2.06. The van der Waals surface area contributed by atoms with E-state index in [4.69, 9.17) is 9.84 Å². The van der Waals surface area contributed by atoms with Crippen molar-refractivity contribution in [2.45, 2.75) is 25.6 Å². The first-order valence-corrected chi connectivity index (χ1v) is 6.98. The Hall–Kier alpha value is -0.460. The lowest BCUT2D eigenvalue weighted by molar-refractivity contribution is -0.0451. The van der Waals surface area contributed by atoms with Crippen LogP contribution in [0.15, 0.2) is 12.7 Å². The molecule has 1 atom stereocenters. The summed E-state index contributed by atoms with van der Waals surface area (Å²) in [6, 6.07) is 0. The molecule has 0 saturated carbocycles. The van der Waals surface area contributed by atoms with Gasteiger partial charge in [-0.1, -0.05) is 6.08 Å². The van der Waals surface area contributed by atoms with Gasteiger partial charge in [-0.15, -0.1) is 6.58 Å². The normalized spacial score (nSPS) is 20.4. The largest absolute Gasteiger partial charge is 0.395 e. The summed E-state index contributed by atoms with van der Waals surface area (Å²) in [7, 11) is 0. The minimum atomic E-state index is -0.469. The van der Waals surface area contributed by atoms with E-state index < -0.39 is 6.10 Å². The Morgan fingerprint density at radius 2 is 1.84 bits per heavy atom. The molecule has 0 bridgehead atoms. The molecule has 0 unspecified atom stereocenters. The highest BCUT2D eigenvalue weighted by molar-refractivity contribution is 4.89. The van der Waals surface area contributed by atoms with E-state index in [1.54, 1.807) is 6.08 Å². The average molecular weight is 272 g/mol. The van der Waals surface area contributed by atoms with Gasteiger partial charge in [0.2, 0.25) is 0 Å². The minimum absolute atomic E-state index is 0.215. The quantitative estimate of drug-likeness (QED) is 0.606. The molecule has 1 rings (SSSR count). The highest BCUT2D eigenvalue weighted by Gasteiger charge is 2.20. The second-order valence-electron chi connectivity index (χ2n) is 5.64. The van der Waals surface area contributed by atoms with Crippen molar-refractivity contribution in [3.63, 3.8) is 0 Å². The molecular formula is C14H28N2O3. The standard InChI is InChI=1S/C14H28N2O3/c1-4-14(2,3)19-12-13(18)11-16-7-5-15(6-8-16)9-10-17/h4,13,17-18H,1,5-12H2,2-3H3/t13-/m0/s1. The molecule has 0 aromatic heterocycles. The van der Waals surface area contributed by atoms with Crippen LogP contribution in [0.1, 0.15) is 13.8 Å². The first-order chi connectivity index (χ1) is 8.96. The topological polar surface area (TPSA) is 56.2 Å². The van der Waals surface area contributed by atoms with Crippen LogP contribution in [0.2, 0.25) is 0 Å². The van der Waals surface area contributed by atoms with E-state index in [2.05, 4.69) is 16.4 Å². The van der Waals surface area contributed by atoms with Gasteiger partial charge in [0.25, 0.3) is 0 Å². The zero-order valence-corrected chi connectivity index (χ0v) is 12.2. The van der Waals surface area contributed by atoms with E-state index in [0.717, 1.165) is 32.7 Å². The molecule has 1 aliphatic rings. The van der Waals surface area contributed by atoms with Crippen molar-refractivity contribution in [3.05, 3.63) is 12.7 Å². The Labute approximate surface area is 116 Å². The Morgan fingerprint density at radius 1 is 1.26 bits per heavy atom. The van der Waals surface area contributed by atoms with Crippen molar-refractivity contribution >= 4 is 0 Å². The monoisotopic (exact) mass is 272 g/mol. The number of ether oxygens (including phenoxy) is 1. The predicted molar refractivity (Wildman–Crippen MR) is 76.2 cm³/mol. The molecule has 0 spiro atoms. The van der Waals surface area contributed by atoms with Crippen molar-refractivity contribution in [1.82, 2.24) is 9.80 Å². The maximum atomic E-state index is 9.97. The third-order valence-corrected chi connectivity index (χ3v) is 3.49. The summed E-state index contributed by atoms with van der Waals surface area (Å²) in [6.45, 7) is 13.3. The number of aliphatic hydroxyl groups is 2. The maximum absolute atomic E-state index is 9.97. The molecule has 0 amide bonds. The summed E-state index contributed by atoms with van der Waals surface area (Å²) in [5.41, 5.74) is -0.388. The molecular weight excluding hydrogens is 244 g/mol. The molecule has 0 aromatic rings. The van der Waals surface area contributed by atoms with Gasteiger partial charge in [-0.05, 0) is 13.8 Å². The van der Waals surface area contributed by atoms with Crippen LogP contribution in [-0.4, -0.2) is 84.2 Å². The first kappa shape index (κ1) is 16.6. The number of rotatable bonds is 8. The lowest BCUT2D eigenvalue weighted by atomic mass is 10.1. The number of piperazine rings is 1. The first-order valence-electron chi connectivity index (χ1n) is 6.98. The van der Waals surface area contributed by atoms with Gasteiger partial charge in [0, 0.05) is 39.3 Å². The molecule has 5 heteroatoms. The molecule has 19 heavy (non-hydrogen) atoms. The van der Waals surface area contributed by atoms with Gasteiger partial charge in [-0.3, -0.25) is 9.80 Å². The molecule has 112 valence electrons. The highest BCUT2D eigenvalue weighted by Crippen LogP contribution is 2.11. The van der Waals surface area contributed by atoms with Gasteiger partial charge in [-0.25, -0.2) is 0 Å². The molecule has 1 heterocycles. The fourth-order valence-corrected chi connectivity index (χ4v) is 2.06. The molecule has 0 aromatic carbocycles. The third-order valence-electron chi connectivity index (χ3n) is 3.49. The van der Waals surface area contributed by atoms with Gasteiger partial charge >= 0.3 is 0 Å². The summed E-state index contributed by atoms with van der Waals surface area (Å²) >= 11 is 0. The van der Waals surface area contributed by atoms with E-state index in [-0.39, 0.29) is 12.2 Å². The molecule has 0 radical (unpaired) electrons. The van der Waals surface area contributed by atoms with Gasteiger partial charge < -0.3 is 14.9 Å². The lowest BCUT2D eigenvalue weighted by Gasteiger charge is -2.35. The molecule has 2 N–H and O–H groups in total. The van der Waals surface area contributed by atoms with Crippen LogP contribution >= 0.6 is 0 Å². The van der Waals surface area contributed by atoms with Crippen LogP contribution in [0.3, 0.4) is 0 Å². The molecule has 1 fully saturated rings. The summed E-state index contributed by atoms with van der Waals surface area (Å²) in [6.07, 6.45) is 1.27. The van der Waals surface area contributed by atoms with Crippen LogP contribution in [0.5, 0.6) is 0 Å². The van der Waals surface area contributed by atoms with Crippen LogP contribution in [0.4, 0.5) is 0 Å². The summed E-state index contributed by atoms with van der Waals surface area (Å²) in [4.78, 5) is 4.48. The highest BCUT2D eigenvalue weighted by atomic mass is 16.5. The van der Waals surface area contributed by atoms with Crippen molar-refractivity contribution < 1.29 is 14.9 Å². The smallest absolute Gasteiger partial charge is 0.0900 e. The lowest BCUT2D eigenvalue weighted by Crippen LogP contribution is -2.49. The Morgan fingerprint density at radius 3 is 2.37 bits per heavy atom. The van der Waals surface area contributed by atoms with Crippen LogP contribution in [0, 0.1) is 0 Å². The fraction of sp³-hybridized carbons (Fsp3) is 0.857. The van der Waals surface area contributed by atoms with E-state index in [9.17, 15) is 5.11 Å². The van der Waals surface area contributed by atoms with Gasteiger partial charge in [0.15, 0.2) is 0 Å². The molecule has 0 aliphatic carbocycles.